The quantitative estimate of drug-likeness (QED) is 0.868. The predicted octanol–water partition coefficient (Wildman–Crippen LogP) is 2.06. The van der Waals surface area contributed by atoms with Gasteiger partial charge in [-0.25, -0.2) is 0 Å². The first-order valence-electron chi connectivity index (χ1n) is 7.37. The summed E-state index contributed by atoms with van der Waals surface area (Å²) in [5, 5.41) is 13.5. The molecule has 2 unspecified atom stereocenters. The molecule has 2 N–H and O–H groups in total. The second-order valence-corrected chi connectivity index (χ2v) is 6.20. The Morgan fingerprint density at radius 2 is 1.95 bits per heavy atom. The van der Waals surface area contributed by atoms with E-state index in [1.165, 1.54) is 12.8 Å². The van der Waals surface area contributed by atoms with Crippen LogP contribution in [0.2, 0.25) is 0 Å². The van der Waals surface area contributed by atoms with Crippen molar-refractivity contribution in [3.8, 4) is 5.75 Å². The lowest BCUT2D eigenvalue weighted by atomic mass is 9.97. The minimum atomic E-state index is -0.0718. The van der Waals surface area contributed by atoms with Gasteiger partial charge in [0.2, 0.25) is 0 Å². The largest absolute Gasteiger partial charge is 0.507 e. The van der Waals surface area contributed by atoms with Crippen molar-refractivity contribution in [2.45, 2.75) is 50.7 Å². The highest BCUT2D eigenvalue weighted by molar-refractivity contribution is 5.97. The van der Waals surface area contributed by atoms with E-state index >= 15 is 0 Å². The van der Waals surface area contributed by atoms with Crippen LogP contribution in [0.1, 0.15) is 41.6 Å². The number of piperidine rings is 1. The van der Waals surface area contributed by atoms with E-state index in [1.54, 1.807) is 12.1 Å². The summed E-state index contributed by atoms with van der Waals surface area (Å²) in [7, 11) is 1.86. The molecule has 2 heterocycles. The van der Waals surface area contributed by atoms with E-state index in [0.29, 0.717) is 17.6 Å². The molecular weight excluding hydrogens is 252 g/mol. The van der Waals surface area contributed by atoms with E-state index in [4.69, 9.17) is 0 Å². The first-order chi connectivity index (χ1) is 9.54. The van der Waals surface area contributed by atoms with Gasteiger partial charge in [0.25, 0.3) is 5.91 Å². The van der Waals surface area contributed by atoms with Gasteiger partial charge in [-0.1, -0.05) is 11.6 Å². The summed E-state index contributed by atoms with van der Waals surface area (Å²) in [4.78, 5) is 14.4. The number of carbonyl (C=O) groups excluding carboxylic acids is 1. The van der Waals surface area contributed by atoms with Crippen molar-refractivity contribution in [2.75, 3.05) is 7.05 Å². The average molecular weight is 274 g/mol. The smallest absolute Gasteiger partial charge is 0.257 e. The summed E-state index contributed by atoms with van der Waals surface area (Å²) < 4.78 is 0. The lowest BCUT2D eigenvalue weighted by molar-refractivity contribution is 0.0678. The van der Waals surface area contributed by atoms with Crippen molar-refractivity contribution < 1.29 is 9.90 Å². The number of aromatic hydroxyl groups is 1. The van der Waals surface area contributed by atoms with Crippen LogP contribution in [0.3, 0.4) is 0 Å². The monoisotopic (exact) mass is 274 g/mol. The number of benzene rings is 1. The Hall–Kier alpha value is -1.55. The molecule has 0 radical (unpaired) electrons. The molecule has 108 valence electrons. The van der Waals surface area contributed by atoms with Crippen LogP contribution in [0.25, 0.3) is 0 Å². The van der Waals surface area contributed by atoms with Gasteiger partial charge < -0.3 is 15.3 Å². The zero-order valence-corrected chi connectivity index (χ0v) is 12.1. The molecule has 4 nitrogen and oxygen atoms in total. The van der Waals surface area contributed by atoms with Gasteiger partial charge in [0, 0.05) is 25.2 Å². The highest BCUT2D eigenvalue weighted by Crippen LogP contribution is 2.30. The van der Waals surface area contributed by atoms with Crippen molar-refractivity contribution in [1.29, 1.82) is 0 Å². The highest BCUT2D eigenvalue weighted by atomic mass is 16.3. The lowest BCUT2D eigenvalue weighted by Crippen LogP contribution is -2.48. The van der Waals surface area contributed by atoms with Gasteiger partial charge in [-0.15, -0.1) is 0 Å². The van der Waals surface area contributed by atoms with Gasteiger partial charge >= 0.3 is 0 Å². The number of phenols is 1. The molecular formula is C16H22N2O2. The van der Waals surface area contributed by atoms with Crippen LogP contribution in [0, 0.1) is 6.92 Å². The minimum Gasteiger partial charge on any atom is -0.507 e. The summed E-state index contributed by atoms with van der Waals surface area (Å²) in [5.41, 5.74) is 1.41. The molecule has 4 heteroatoms. The van der Waals surface area contributed by atoms with Crippen LogP contribution in [-0.2, 0) is 0 Å². The number of phenolic OH excluding ortho intramolecular Hbond substituents is 1. The molecule has 0 spiro atoms. The Kier molecular flexibility index (Phi) is 3.42. The van der Waals surface area contributed by atoms with Crippen molar-refractivity contribution in [2.24, 2.45) is 0 Å². The molecule has 1 aromatic carbocycles. The topological polar surface area (TPSA) is 52.6 Å². The number of carbonyl (C=O) groups is 1. The predicted molar refractivity (Wildman–Crippen MR) is 77.9 cm³/mol. The van der Waals surface area contributed by atoms with E-state index in [0.717, 1.165) is 18.4 Å². The number of fused-ring (bicyclic) bond motifs is 2. The fourth-order valence-electron chi connectivity index (χ4n) is 3.52. The van der Waals surface area contributed by atoms with Crippen LogP contribution in [0.4, 0.5) is 0 Å². The second kappa shape index (κ2) is 5.09. The summed E-state index contributed by atoms with van der Waals surface area (Å²) >= 11 is 0. The molecule has 2 fully saturated rings. The van der Waals surface area contributed by atoms with E-state index in [1.807, 2.05) is 24.9 Å². The Morgan fingerprint density at radius 3 is 2.60 bits per heavy atom. The van der Waals surface area contributed by atoms with Gasteiger partial charge in [-0.05, 0) is 44.7 Å². The molecule has 2 atom stereocenters. The molecule has 3 rings (SSSR count). The van der Waals surface area contributed by atoms with Crippen LogP contribution in [0.5, 0.6) is 5.75 Å². The first-order valence-corrected chi connectivity index (χ1v) is 7.37. The maximum Gasteiger partial charge on any atom is 0.257 e. The van der Waals surface area contributed by atoms with Crippen LogP contribution in [-0.4, -0.2) is 41.1 Å². The third kappa shape index (κ3) is 2.40. The number of amides is 1. The summed E-state index contributed by atoms with van der Waals surface area (Å²) in [5.74, 6) is 0.00172. The van der Waals surface area contributed by atoms with Crippen molar-refractivity contribution in [3.63, 3.8) is 0 Å². The third-order valence-electron chi connectivity index (χ3n) is 4.70. The van der Waals surface area contributed by atoms with Crippen molar-refractivity contribution >= 4 is 5.91 Å². The van der Waals surface area contributed by atoms with E-state index < -0.39 is 0 Å². The molecule has 2 bridgehead atoms. The molecule has 1 amide bonds. The van der Waals surface area contributed by atoms with Gasteiger partial charge in [-0.3, -0.25) is 4.79 Å². The third-order valence-corrected chi connectivity index (χ3v) is 4.70. The Balaban J connectivity index is 1.78. The molecule has 2 aliphatic heterocycles. The van der Waals surface area contributed by atoms with Gasteiger partial charge in [-0.2, -0.15) is 0 Å². The molecule has 2 aliphatic rings. The fraction of sp³-hybridized carbons (Fsp3) is 0.562. The standard InChI is InChI=1S/C16H22N2O2/c1-10-3-6-15(19)14(7-10)16(20)18(2)13-8-11-4-5-12(9-13)17-11/h3,6-7,11-13,17,19H,4-5,8-9H2,1-2H3. The molecule has 2 saturated heterocycles. The average Bonchev–Trinajstić information content (AvgIpc) is 2.78. The number of rotatable bonds is 2. The maximum absolute atomic E-state index is 12.6. The number of hydrogen-bond donors (Lipinski definition) is 2. The summed E-state index contributed by atoms with van der Waals surface area (Å²) in [6.07, 6.45) is 4.48. The Bertz CT molecular complexity index is 517. The van der Waals surface area contributed by atoms with Crippen molar-refractivity contribution in [3.05, 3.63) is 29.3 Å². The molecule has 1 aromatic rings. The van der Waals surface area contributed by atoms with Gasteiger partial charge in [0.15, 0.2) is 0 Å². The minimum absolute atomic E-state index is 0.0718. The number of nitrogens with zero attached hydrogens (tertiary/aromatic N) is 1. The van der Waals surface area contributed by atoms with Gasteiger partial charge in [0.1, 0.15) is 5.75 Å². The van der Waals surface area contributed by atoms with E-state index in [2.05, 4.69) is 5.32 Å². The van der Waals surface area contributed by atoms with Gasteiger partial charge in [0.05, 0.1) is 5.56 Å². The molecule has 0 saturated carbocycles. The first kappa shape index (κ1) is 13.4. The summed E-state index contributed by atoms with van der Waals surface area (Å²) in [6, 6.07) is 6.57. The van der Waals surface area contributed by atoms with Crippen molar-refractivity contribution in [1.82, 2.24) is 10.2 Å². The number of nitrogens with one attached hydrogen (secondary N) is 1. The van der Waals surface area contributed by atoms with Crippen LogP contribution < -0.4 is 5.32 Å². The van der Waals surface area contributed by atoms with E-state index in [-0.39, 0.29) is 17.7 Å². The lowest BCUT2D eigenvalue weighted by Gasteiger charge is -2.35. The molecule has 20 heavy (non-hydrogen) atoms. The Labute approximate surface area is 119 Å². The maximum atomic E-state index is 12.6. The number of hydrogen-bond acceptors (Lipinski definition) is 3. The Morgan fingerprint density at radius 1 is 1.30 bits per heavy atom. The molecule has 0 aliphatic carbocycles. The normalized spacial score (nSPS) is 28.4. The van der Waals surface area contributed by atoms with E-state index in [9.17, 15) is 9.90 Å². The highest BCUT2D eigenvalue weighted by Gasteiger charge is 2.36. The van der Waals surface area contributed by atoms with Crippen LogP contribution >= 0.6 is 0 Å². The SMILES string of the molecule is Cc1ccc(O)c(C(=O)N(C)C2CC3CCC(C2)N3)c1. The zero-order valence-electron chi connectivity index (χ0n) is 12.1. The number of aryl methyl sites for hydroxylation is 1. The van der Waals surface area contributed by atoms with Crippen LogP contribution in [0.15, 0.2) is 18.2 Å². The summed E-state index contributed by atoms with van der Waals surface area (Å²) in [6.45, 7) is 1.93. The molecule has 0 aromatic heterocycles. The second-order valence-electron chi connectivity index (χ2n) is 6.20. The fourth-order valence-corrected chi connectivity index (χ4v) is 3.52. The zero-order chi connectivity index (χ0) is 14.3.